The van der Waals surface area contributed by atoms with E-state index in [0.29, 0.717) is 13.2 Å². The molecule has 2 aliphatic rings. The Morgan fingerprint density at radius 1 is 1.35 bits per heavy atom. The lowest BCUT2D eigenvalue weighted by Crippen LogP contribution is -2.49. The van der Waals surface area contributed by atoms with Gasteiger partial charge < -0.3 is 24.8 Å². The maximum absolute atomic E-state index is 12.9. The fraction of sp³-hybridized carbons (Fsp3) is 0.846. The quantitative estimate of drug-likeness (QED) is 0.786. The molecule has 10 heteroatoms. The first-order valence-electron chi connectivity index (χ1n) is 7.28. The Hall–Kier alpha value is -1.55. The van der Waals surface area contributed by atoms with Crippen molar-refractivity contribution in [3.63, 3.8) is 0 Å². The highest BCUT2D eigenvalue weighted by atomic mass is 19.4. The summed E-state index contributed by atoms with van der Waals surface area (Å²) in [6.07, 6.45) is -5.03. The number of nitrogens with one attached hydrogen (secondary N) is 1. The summed E-state index contributed by atoms with van der Waals surface area (Å²) in [7, 11) is 0. The van der Waals surface area contributed by atoms with Gasteiger partial charge in [0.25, 0.3) is 0 Å². The van der Waals surface area contributed by atoms with Crippen molar-refractivity contribution in [3.05, 3.63) is 0 Å². The molecular formula is C13H19F3N2O5. The van der Waals surface area contributed by atoms with Crippen LogP contribution in [0.15, 0.2) is 0 Å². The lowest BCUT2D eigenvalue weighted by molar-refractivity contribution is -0.187. The molecule has 0 aliphatic carbocycles. The third-order valence-electron chi connectivity index (χ3n) is 4.06. The predicted molar refractivity (Wildman–Crippen MR) is 70.8 cm³/mol. The standard InChI is InChI=1S/C13H19F3N2O5/c1-2-23-10-6-22-5-9(10)17-12(21)18-3-7(11(19)20)8(4-18)13(14,15)16/h7-10H,2-6H2,1H3,(H,17,21)(H,19,20)/t7-,8-,9-,10-/m1/s1. The largest absolute Gasteiger partial charge is 0.481 e. The average Bonchev–Trinajstić information content (AvgIpc) is 3.05. The summed E-state index contributed by atoms with van der Waals surface area (Å²) in [6, 6.07) is -1.20. The van der Waals surface area contributed by atoms with Gasteiger partial charge >= 0.3 is 18.2 Å². The zero-order valence-corrected chi connectivity index (χ0v) is 12.5. The second-order valence-electron chi connectivity index (χ2n) is 5.59. The number of amides is 2. The van der Waals surface area contributed by atoms with E-state index in [9.17, 15) is 22.8 Å². The van der Waals surface area contributed by atoms with E-state index in [1.807, 2.05) is 0 Å². The Kier molecular flexibility index (Phi) is 5.35. The van der Waals surface area contributed by atoms with Crippen LogP contribution >= 0.6 is 0 Å². The summed E-state index contributed by atoms with van der Waals surface area (Å²) in [5.74, 6) is -5.27. The number of hydrogen-bond acceptors (Lipinski definition) is 4. The Bertz CT molecular complexity index is 459. The van der Waals surface area contributed by atoms with Crippen LogP contribution in [0.2, 0.25) is 0 Å². The molecule has 2 fully saturated rings. The summed E-state index contributed by atoms with van der Waals surface area (Å²) in [5, 5.41) is 11.5. The van der Waals surface area contributed by atoms with Crippen LogP contribution in [0.5, 0.6) is 0 Å². The fourth-order valence-corrected chi connectivity index (χ4v) is 2.85. The van der Waals surface area contributed by atoms with Crippen LogP contribution in [0, 0.1) is 11.8 Å². The van der Waals surface area contributed by atoms with Gasteiger partial charge in [-0.1, -0.05) is 0 Å². The van der Waals surface area contributed by atoms with Crippen molar-refractivity contribution < 1.29 is 37.3 Å². The zero-order chi connectivity index (χ0) is 17.2. The Labute approximate surface area is 130 Å². The molecule has 132 valence electrons. The zero-order valence-electron chi connectivity index (χ0n) is 12.5. The summed E-state index contributed by atoms with van der Waals surface area (Å²) < 4.78 is 49.3. The van der Waals surface area contributed by atoms with Gasteiger partial charge in [-0.2, -0.15) is 13.2 Å². The van der Waals surface area contributed by atoms with Crippen LogP contribution in [0.4, 0.5) is 18.0 Å². The van der Waals surface area contributed by atoms with Crippen LogP contribution in [-0.4, -0.2) is 73.2 Å². The van der Waals surface area contributed by atoms with E-state index in [4.69, 9.17) is 14.6 Å². The molecule has 7 nitrogen and oxygen atoms in total. The molecule has 0 aromatic rings. The van der Waals surface area contributed by atoms with Gasteiger partial charge in [-0.15, -0.1) is 0 Å². The number of rotatable bonds is 4. The van der Waals surface area contributed by atoms with E-state index in [1.165, 1.54) is 0 Å². The number of likely N-dealkylation sites (tertiary alicyclic amines) is 1. The Morgan fingerprint density at radius 2 is 2.04 bits per heavy atom. The number of urea groups is 1. The highest BCUT2D eigenvalue weighted by molar-refractivity contribution is 5.78. The molecule has 0 saturated carbocycles. The molecular weight excluding hydrogens is 321 g/mol. The van der Waals surface area contributed by atoms with Gasteiger partial charge in [0.2, 0.25) is 0 Å². The first-order valence-corrected chi connectivity index (χ1v) is 7.28. The van der Waals surface area contributed by atoms with Crippen LogP contribution in [-0.2, 0) is 14.3 Å². The molecule has 0 radical (unpaired) electrons. The van der Waals surface area contributed by atoms with Gasteiger partial charge in [-0.25, -0.2) is 4.79 Å². The molecule has 0 aromatic carbocycles. The number of alkyl halides is 3. The Morgan fingerprint density at radius 3 is 2.57 bits per heavy atom. The van der Waals surface area contributed by atoms with Crippen LogP contribution in [0.1, 0.15) is 6.92 Å². The molecule has 23 heavy (non-hydrogen) atoms. The summed E-state index contributed by atoms with van der Waals surface area (Å²) in [5.41, 5.74) is 0. The van der Waals surface area contributed by atoms with Crippen molar-refractivity contribution in [2.24, 2.45) is 11.8 Å². The van der Waals surface area contributed by atoms with Crippen LogP contribution in [0.3, 0.4) is 0 Å². The molecule has 4 atom stereocenters. The van der Waals surface area contributed by atoms with Crippen molar-refractivity contribution >= 4 is 12.0 Å². The highest BCUT2D eigenvalue weighted by Gasteiger charge is 2.53. The van der Waals surface area contributed by atoms with E-state index in [-0.39, 0.29) is 12.7 Å². The number of nitrogens with zero attached hydrogens (tertiary/aromatic N) is 1. The van der Waals surface area contributed by atoms with Crippen molar-refractivity contribution in [2.75, 3.05) is 32.9 Å². The number of carbonyl (C=O) groups is 2. The van der Waals surface area contributed by atoms with E-state index in [2.05, 4.69) is 5.32 Å². The number of aliphatic carboxylic acids is 1. The van der Waals surface area contributed by atoms with Gasteiger partial charge in [0.1, 0.15) is 6.10 Å². The minimum Gasteiger partial charge on any atom is -0.481 e. The number of carbonyl (C=O) groups excluding carboxylic acids is 1. The maximum Gasteiger partial charge on any atom is 0.394 e. The van der Waals surface area contributed by atoms with Crippen molar-refractivity contribution in [2.45, 2.75) is 25.2 Å². The van der Waals surface area contributed by atoms with Gasteiger partial charge in [0, 0.05) is 19.7 Å². The molecule has 0 aromatic heterocycles. The summed E-state index contributed by atoms with van der Waals surface area (Å²) in [6.45, 7) is 1.55. The van der Waals surface area contributed by atoms with E-state index in [1.54, 1.807) is 6.92 Å². The Balaban J connectivity index is 1.99. The van der Waals surface area contributed by atoms with Crippen molar-refractivity contribution in [1.82, 2.24) is 10.2 Å². The van der Waals surface area contributed by atoms with Crippen LogP contribution in [0.25, 0.3) is 0 Å². The topological polar surface area (TPSA) is 88.1 Å². The minimum absolute atomic E-state index is 0.204. The fourth-order valence-electron chi connectivity index (χ4n) is 2.85. The van der Waals surface area contributed by atoms with E-state index in [0.717, 1.165) is 4.90 Å². The monoisotopic (exact) mass is 340 g/mol. The average molecular weight is 340 g/mol. The molecule has 0 unspecified atom stereocenters. The first-order chi connectivity index (χ1) is 10.7. The van der Waals surface area contributed by atoms with Gasteiger partial charge in [0.05, 0.1) is 31.1 Å². The minimum atomic E-state index is -4.66. The molecule has 2 N–H and O–H groups in total. The second kappa shape index (κ2) is 6.91. The molecule has 2 aliphatic heterocycles. The lowest BCUT2D eigenvalue weighted by atomic mass is 9.96. The summed E-state index contributed by atoms with van der Waals surface area (Å²) in [4.78, 5) is 24.0. The maximum atomic E-state index is 12.9. The predicted octanol–water partition coefficient (Wildman–Crippen LogP) is 0.695. The molecule has 0 bridgehead atoms. The van der Waals surface area contributed by atoms with Crippen LogP contribution < -0.4 is 5.32 Å². The number of halogens is 3. The molecule has 0 spiro atoms. The van der Waals surface area contributed by atoms with Gasteiger partial charge in [0.15, 0.2) is 0 Å². The van der Waals surface area contributed by atoms with Crippen molar-refractivity contribution in [1.29, 1.82) is 0 Å². The number of hydrogen-bond donors (Lipinski definition) is 2. The van der Waals surface area contributed by atoms with Crippen molar-refractivity contribution in [3.8, 4) is 0 Å². The van der Waals surface area contributed by atoms with E-state index < -0.39 is 49.1 Å². The number of carboxylic acid groups (broad SMARTS) is 1. The SMILES string of the molecule is CCO[C@@H]1COC[C@H]1NC(=O)N1C[C@@H](C(F)(F)F)[C@H](C(=O)O)C1. The normalized spacial score (nSPS) is 31.4. The number of carboxylic acids is 1. The lowest BCUT2D eigenvalue weighted by Gasteiger charge is -2.23. The smallest absolute Gasteiger partial charge is 0.394 e. The second-order valence-corrected chi connectivity index (χ2v) is 5.59. The first kappa shape index (κ1) is 17.8. The third kappa shape index (κ3) is 4.05. The third-order valence-corrected chi connectivity index (χ3v) is 4.06. The number of ether oxygens (including phenoxy) is 2. The molecule has 2 heterocycles. The molecule has 2 rings (SSSR count). The highest BCUT2D eigenvalue weighted by Crippen LogP contribution is 2.37. The molecule has 2 amide bonds. The molecule has 2 saturated heterocycles. The summed E-state index contributed by atoms with van der Waals surface area (Å²) >= 11 is 0. The van der Waals surface area contributed by atoms with Gasteiger partial charge in [-0.3, -0.25) is 4.79 Å². The van der Waals surface area contributed by atoms with Gasteiger partial charge in [-0.05, 0) is 6.92 Å². The van der Waals surface area contributed by atoms with E-state index >= 15 is 0 Å².